The van der Waals surface area contributed by atoms with Gasteiger partial charge in [-0.05, 0) is 56.9 Å². The van der Waals surface area contributed by atoms with E-state index in [4.69, 9.17) is 0 Å². The summed E-state index contributed by atoms with van der Waals surface area (Å²) < 4.78 is 0. The van der Waals surface area contributed by atoms with E-state index in [0.29, 0.717) is 0 Å². The molecular formula is C20H13. The Hall–Kier alpha value is -2.60. The Kier molecular flexibility index (Phi) is 2.53. The van der Waals surface area contributed by atoms with E-state index in [-0.39, 0.29) is 0 Å². The number of benzene rings is 4. The highest BCUT2D eigenvalue weighted by Gasteiger charge is 2.01. The van der Waals surface area contributed by atoms with E-state index in [1.165, 1.54) is 27.1 Å². The van der Waals surface area contributed by atoms with Crippen LogP contribution in [0.2, 0.25) is 0 Å². The highest BCUT2D eigenvalue weighted by atomic mass is 14.1. The first kappa shape index (κ1) is 11.2. The quantitative estimate of drug-likeness (QED) is 0.422. The van der Waals surface area contributed by atoms with Crippen LogP contribution < -0.4 is 0 Å². The van der Waals surface area contributed by atoms with Gasteiger partial charge in [0.25, 0.3) is 0 Å². The number of hydrogen-bond acceptors (Lipinski definition) is 0. The molecule has 0 heterocycles. The maximum atomic E-state index is 3.39. The van der Waals surface area contributed by atoms with Crippen LogP contribution in [-0.2, 0) is 0 Å². The molecule has 0 fully saturated rings. The number of rotatable bonds is 1. The average Bonchev–Trinajstić information content (AvgIpc) is 2.54. The zero-order valence-corrected chi connectivity index (χ0v) is 11.0. The molecule has 0 spiro atoms. The fourth-order valence-electron chi connectivity index (χ4n) is 2.65. The van der Waals surface area contributed by atoms with Crippen molar-refractivity contribution in [2.24, 2.45) is 0 Å². The Bertz CT molecular complexity index is 826. The molecule has 0 amide bonds. The minimum absolute atomic E-state index is 1.15. The standard InChI is InChI=1S/C20H13/c1-3-7-17-13-19(11-9-15(17)5-1)20-12-10-16-6-2-4-8-18(16)14-20/h1-11,13-14H. The Labute approximate surface area is 118 Å². The van der Waals surface area contributed by atoms with Crippen LogP contribution in [0, 0.1) is 6.07 Å². The van der Waals surface area contributed by atoms with Crippen LogP contribution in [0.15, 0.2) is 78.9 Å². The third kappa shape index (κ3) is 1.86. The first-order valence-corrected chi connectivity index (χ1v) is 6.80. The molecule has 0 heteroatoms. The Balaban J connectivity index is 1.91. The van der Waals surface area contributed by atoms with Crippen molar-refractivity contribution < 1.29 is 0 Å². The van der Waals surface area contributed by atoms with Crippen LogP contribution in [0.5, 0.6) is 0 Å². The number of hydrogen-bond donors (Lipinski definition) is 0. The van der Waals surface area contributed by atoms with Crippen LogP contribution in [-0.4, -0.2) is 0 Å². The molecule has 0 unspecified atom stereocenters. The molecular weight excluding hydrogens is 240 g/mol. The van der Waals surface area contributed by atoms with Gasteiger partial charge in [0.15, 0.2) is 0 Å². The molecule has 0 saturated heterocycles. The van der Waals surface area contributed by atoms with E-state index in [9.17, 15) is 0 Å². The van der Waals surface area contributed by atoms with E-state index in [0.717, 1.165) is 5.56 Å². The maximum absolute atomic E-state index is 3.39. The predicted molar refractivity (Wildman–Crippen MR) is 85.7 cm³/mol. The molecule has 0 aliphatic heterocycles. The monoisotopic (exact) mass is 253 g/mol. The van der Waals surface area contributed by atoms with Crippen LogP contribution in [0.25, 0.3) is 32.7 Å². The van der Waals surface area contributed by atoms with Gasteiger partial charge in [0.1, 0.15) is 0 Å². The SMILES string of the molecule is [c]1cc2ccccc2cc1-c1ccc2ccccc2c1. The fourth-order valence-corrected chi connectivity index (χ4v) is 2.65. The molecule has 4 aromatic rings. The van der Waals surface area contributed by atoms with Gasteiger partial charge in [-0.1, -0.05) is 60.7 Å². The summed E-state index contributed by atoms with van der Waals surface area (Å²) in [4.78, 5) is 0. The summed E-state index contributed by atoms with van der Waals surface area (Å²) >= 11 is 0. The lowest BCUT2D eigenvalue weighted by Crippen LogP contribution is -1.80. The van der Waals surface area contributed by atoms with Crippen molar-refractivity contribution in [2.75, 3.05) is 0 Å². The molecule has 1 radical (unpaired) electrons. The Morgan fingerprint density at radius 1 is 0.550 bits per heavy atom. The highest BCUT2D eigenvalue weighted by molar-refractivity contribution is 5.90. The van der Waals surface area contributed by atoms with Crippen molar-refractivity contribution >= 4 is 21.5 Å². The Morgan fingerprint density at radius 2 is 1.20 bits per heavy atom. The van der Waals surface area contributed by atoms with E-state index in [2.05, 4.69) is 84.9 Å². The molecule has 0 atom stereocenters. The molecule has 0 aliphatic rings. The molecule has 93 valence electrons. The van der Waals surface area contributed by atoms with Crippen LogP contribution in [0.4, 0.5) is 0 Å². The second-order valence-corrected chi connectivity index (χ2v) is 5.04. The van der Waals surface area contributed by atoms with Crippen LogP contribution in [0.3, 0.4) is 0 Å². The van der Waals surface area contributed by atoms with Crippen molar-refractivity contribution in [1.82, 2.24) is 0 Å². The van der Waals surface area contributed by atoms with E-state index in [1.807, 2.05) is 0 Å². The van der Waals surface area contributed by atoms with Gasteiger partial charge in [0, 0.05) is 0 Å². The molecule has 0 bridgehead atoms. The van der Waals surface area contributed by atoms with Gasteiger partial charge in [0.2, 0.25) is 0 Å². The zero-order valence-electron chi connectivity index (χ0n) is 11.0. The van der Waals surface area contributed by atoms with Crippen molar-refractivity contribution in [3.05, 3.63) is 84.9 Å². The van der Waals surface area contributed by atoms with Crippen molar-refractivity contribution in [2.45, 2.75) is 0 Å². The van der Waals surface area contributed by atoms with Crippen LogP contribution >= 0.6 is 0 Å². The molecule has 4 rings (SSSR count). The Morgan fingerprint density at radius 3 is 2.00 bits per heavy atom. The van der Waals surface area contributed by atoms with E-state index < -0.39 is 0 Å². The topological polar surface area (TPSA) is 0 Å². The van der Waals surface area contributed by atoms with Gasteiger partial charge in [-0.3, -0.25) is 0 Å². The second-order valence-electron chi connectivity index (χ2n) is 5.04. The fraction of sp³-hybridized carbons (Fsp3) is 0. The summed E-state index contributed by atoms with van der Waals surface area (Å²) in [7, 11) is 0. The minimum Gasteiger partial charge on any atom is -0.0616 e. The summed E-state index contributed by atoms with van der Waals surface area (Å²) in [6, 6.07) is 31.1. The molecule has 0 aliphatic carbocycles. The molecule has 0 saturated carbocycles. The molecule has 20 heavy (non-hydrogen) atoms. The summed E-state index contributed by atoms with van der Waals surface area (Å²) in [6.45, 7) is 0. The lowest BCUT2D eigenvalue weighted by atomic mass is 9.99. The average molecular weight is 253 g/mol. The first-order chi connectivity index (χ1) is 9.90. The lowest BCUT2D eigenvalue weighted by molar-refractivity contribution is 1.66. The number of fused-ring (bicyclic) bond motifs is 2. The summed E-state index contributed by atoms with van der Waals surface area (Å²) in [6.07, 6.45) is 0. The molecule has 0 aromatic heterocycles. The summed E-state index contributed by atoms with van der Waals surface area (Å²) in [5.41, 5.74) is 2.36. The van der Waals surface area contributed by atoms with Gasteiger partial charge in [-0.2, -0.15) is 0 Å². The van der Waals surface area contributed by atoms with Crippen LogP contribution in [0.1, 0.15) is 0 Å². The highest BCUT2D eigenvalue weighted by Crippen LogP contribution is 2.26. The van der Waals surface area contributed by atoms with Crippen molar-refractivity contribution in [1.29, 1.82) is 0 Å². The van der Waals surface area contributed by atoms with Crippen molar-refractivity contribution in [3.63, 3.8) is 0 Å². The van der Waals surface area contributed by atoms with Gasteiger partial charge in [0.05, 0.1) is 0 Å². The third-order valence-electron chi connectivity index (χ3n) is 3.74. The predicted octanol–water partition coefficient (Wildman–Crippen LogP) is 5.46. The summed E-state index contributed by atoms with van der Waals surface area (Å²) in [5.74, 6) is 0. The zero-order chi connectivity index (χ0) is 13.4. The van der Waals surface area contributed by atoms with Gasteiger partial charge in [-0.25, -0.2) is 0 Å². The van der Waals surface area contributed by atoms with E-state index in [1.54, 1.807) is 0 Å². The molecule has 0 nitrogen and oxygen atoms in total. The van der Waals surface area contributed by atoms with Gasteiger partial charge in [-0.15, -0.1) is 0 Å². The third-order valence-corrected chi connectivity index (χ3v) is 3.74. The van der Waals surface area contributed by atoms with Crippen molar-refractivity contribution in [3.8, 4) is 11.1 Å². The summed E-state index contributed by atoms with van der Waals surface area (Å²) in [5, 5.41) is 5.04. The second kappa shape index (κ2) is 4.50. The van der Waals surface area contributed by atoms with E-state index >= 15 is 0 Å². The van der Waals surface area contributed by atoms with Gasteiger partial charge >= 0.3 is 0 Å². The molecule has 0 N–H and O–H groups in total. The van der Waals surface area contributed by atoms with Gasteiger partial charge < -0.3 is 0 Å². The lowest BCUT2D eigenvalue weighted by Gasteiger charge is -2.05. The first-order valence-electron chi connectivity index (χ1n) is 6.80. The normalized spacial score (nSPS) is 11.0. The largest absolute Gasteiger partial charge is 0.0616 e. The smallest absolute Gasteiger partial charge is 0.00926 e. The maximum Gasteiger partial charge on any atom is -0.00926 e. The minimum atomic E-state index is 1.15. The molecule has 4 aromatic carbocycles.